The van der Waals surface area contributed by atoms with Crippen molar-refractivity contribution >= 4 is 0 Å². The zero-order valence-corrected chi connectivity index (χ0v) is 16.3. The molecular formula is C25H26O2. The van der Waals surface area contributed by atoms with Gasteiger partial charge < -0.3 is 9.84 Å². The molecule has 3 aromatic carbocycles. The molecule has 3 aromatic rings. The maximum Gasteiger partial charge on any atom is 0.123 e. The van der Waals surface area contributed by atoms with Gasteiger partial charge in [0.15, 0.2) is 0 Å². The second-order valence-corrected chi connectivity index (χ2v) is 8.21. The molecule has 1 aliphatic rings. The quantitative estimate of drug-likeness (QED) is 0.515. The van der Waals surface area contributed by atoms with E-state index < -0.39 is 0 Å². The summed E-state index contributed by atoms with van der Waals surface area (Å²) in [4.78, 5) is 0. The minimum Gasteiger partial charge on any atom is -0.491 e. The summed E-state index contributed by atoms with van der Waals surface area (Å²) in [5, 5.41) is 9.13. The second kappa shape index (κ2) is 6.86. The molecule has 0 amide bonds. The largest absolute Gasteiger partial charge is 0.491 e. The number of aliphatic hydroxyl groups is 1. The van der Waals surface area contributed by atoms with E-state index in [1.807, 2.05) is 6.07 Å². The average molecular weight is 358 g/mol. The zero-order valence-electron chi connectivity index (χ0n) is 16.3. The monoisotopic (exact) mass is 358 g/mol. The molecule has 27 heavy (non-hydrogen) atoms. The van der Waals surface area contributed by atoms with Crippen molar-refractivity contribution < 1.29 is 9.84 Å². The first-order chi connectivity index (χ1) is 13.0. The van der Waals surface area contributed by atoms with Gasteiger partial charge in [-0.15, -0.1) is 0 Å². The summed E-state index contributed by atoms with van der Waals surface area (Å²) in [7, 11) is 0. The van der Waals surface area contributed by atoms with Crippen molar-refractivity contribution in [2.24, 2.45) is 0 Å². The van der Waals surface area contributed by atoms with Gasteiger partial charge in [-0.25, -0.2) is 0 Å². The predicted molar refractivity (Wildman–Crippen MR) is 111 cm³/mol. The van der Waals surface area contributed by atoms with Crippen LogP contribution in [0.5, 0.6) is 5.75 Å². The fourth-order valence-corrected chi connectivity index (χ4v) is 3.99. The lowest BCUT2D eigenvalue weighted by Gasteiger charge is -2.24. The third-order valence-electron chi connectivity index (χ3n) is 5.27. The molecule has 0 fully saturated rings. The molecule has 2 nitrogen and oxygen atoms in total. The summed E-state index contributed by atoms with van der Waals surface area (Å²) in [6.45, 7) is 6.93. The van der Waals surface area contributed by atoms with Gasteiger partial charge in [0.1, 0.15) is 12.4 Å². The van der Waals surface area contributed by atoms with Gasteiger partial charge in [0.2, 0.25) is 0 Å². The van der Waals surface area contributed by atoms with Crippen LogP contribution in [0, 0.1) is 0 Å². The highest BCUT2D eigenvalue weighted by Gasteiger charge is 2.24. The van der Waals surface area contributed by atoms with Crippen molar-refractivity contribution in [1.82, 2.24) is 0 Å². The smallest absolute Gasteiger partial charge is 0.123 e. The maximum atomic E-state index is 9.13. The lowest BCUT2D eigenvalue weighted by molar-refractivity contribution is 0.199. The van der Waals surface area contributed by atoms with E-state index >= 15 is 0 Å². The number of hydrogen-bond donors (Lipinski definition) is 1. The number of benzene rings is 3. The number of fused-ring (bicyclic) bond motifs is 3. The standard InChI is InChI=1S/C25H26O2/c1-25(2,3)22-16-18(11-12-23(22)27-14-13-26)21-10-6-8-19-15-17-7-4-5-9-20(17)24(19)21/h4-12,16,26H,13-15H2,1-3H3. The number of hydrogen-bond acceptors (Lipinski definition) is 2. The van der Waals surface area contributed by atoms with Crippen LogP contribution in [-0.2, 0) is 11.8 Å². The molecule has 0 aromatic heterocycles. The van der Waals surface area contributed by atoms with Gasteiger partial charge in [-0.2, -0.15) is 0 Å². The second-order valence-electron chi connectivity index (χ2n) is 8.21. The lowest BCUT2D eigenvalue weighted by atomic mass is 9.83. The normalized spacial score (nSPS) is 12.6. The maximum absolute atomic E-state index is 9.13. The molecule has 0 saturated heterocycles. The van der Waals surface area contributed by atoms with Crippen LogP contribution >= 0.6 is 0 Å². The Bertz CT molecular complexity index is 980. The van der Waals surface area contributed by atoms with E-state index in [1.165, 1.54) is 33.4 Å². The molecule has 0 unspecified atom stereocenters. The fraction of sp³-hybridized carbons (Fsp3) is 0.280. The summed E-state index contributed by atoms with van der Waals surface area (Å²) in [5.41, 5.74) is 9.11. The minimum atomic E-state index is -0.0450. The van der Waals surface area contributed by atoms with Crippen LogP contribution in [0.25, 0.3) is 22.3 Å². The highest BCUT2D eigenvalue weighted by molar-refractivity contribution is 5.90. The van der Waals surface area contributed by atoms with Crippen molar-refractivity contribution in [3.8, 4) is 28.0 Å². The highest BCUT2D eigenvalue weighted by atomic mass is 16.5. The molecule has 0 bridgehead atoms. The van der Waals surface area contributed by atoms with E-state index in [9.17, 15) is 0 Å². The first-order valence-electron chi connectivity index (χ1n) is 9.58. The van der Waals surface area contributed by atoms with Gasteiger partial charge in [-0.3, -0.25) is 0 Å². The van der Waals surface area contributed by atoms with Gasteiger partial charge in [-0.1, -0.05) is 69.3 Å². The SMILES string of the molecule is CC(C)(C)c1cc(-c2cccc3c2-c2ccccc2C3)ccc1OCCO. The third kappa shape index (κ3) is 3.26. The van der Waals surface area contributed by atoms with Crippen LogP contribution in [0.4, 0.5) is 0 Å². The molecule has 0 saturated carbocycles. The van der Waals surface area contributed by atoms with Crippen molar-refractivity contribution in [3.63, 3.8) is 0 Å². The molecule has 0 aliphatic heterocycles. The Morgan fingerprint density at radius 2 is 1.63 bits per heavy atom. The van der Waals surface area contributed by atoms with Gasteiger partial charge in [-0.05, 0) is 57.3 Å². The Balaban J connectivity index is 1.86. The first-order valence-corrected chi connectivity index (χ1v) is 9.58. The average Bonchev–Trinajstić information content (AvgIpc) is 3.04. The fourth-order valence-electron chi connectivity index (χ4n) is 3.99. The van der Waals surface area contributed by atoms with Crippen molar-refractivity contribution in [2.45, 2.75) is 32.6 Å². The predicted octanol–water partition coefficient (Wildman–Crippen LogP) is 5.59. The Labute approximate surface area is 161 Å². The summed E-state index contributed by atoms with van der Waals surface area (Å²) in [5.74, 6) is 0.855. The Morgan fingerprint density at radius 1 is 0.889 bits per heavy atom. The van der Waals surface area contributed by atoms with Crippen molar-refractivity contribution in [2.75, 3.05) is 13.2 Å². The van der Waals surface area contributed by atoms with Gasteiger partial charge in [0, 0.05) is 5.56 Å². The van der Waals surface area contributed by atoms with Crippen molar-refractivity contribution in [1.29, 1.82) is 0 Å². The van der Waals surface area contributed by atoms with E-state index in [0.717, 1.165) is 17.7 Å². The Hall–Kier alpha value is -2.58. The molecule has 2 heteroatoms. The summed E-state index contributed by atoms with van der Waals surface area (Å²) < 4.78 is 5.80. The van der Waals surface area contributed by atoms with Crippen LogP contribution in [0.3, 0.4) is 0 Å². The van der Waals surface area contributed by atoms with Gasteiger partial charge in [0.05, 0.1) is 6.61 Å². The zero-order chi connectivity index (χ0) is 19.0. The molecule has 1 N–H and O–H groups in total. The van der Waals surface area contributed by atoms with Crippen LogP contribution in [-0.4, -0.2) is 18.3 Å². The third-order valence-corrected chi connectivity index (χ3v) is 5.27. The van der Waals surface area contributed by atoms with Crippen LogP contribution in [0.2, 0.25) is 0 Å². The summed E-state index contributed by atoms with van der Waals surface area (Å²) in [6, 6.07) is 21.8. The molecule has 0 heterocycles. The first kappa shape index (κ1) is 17.8. The van der Waals surface area contributed by atoms with E-state index in [0.29, 0.717) is 6.61 Å². The molecule has 4 rings (SSSR count). The molecule has 138 valence electrons. The molecule has 0 radical (unpaired) electrons. The summed E-state index contributed by atoms with van der Waals surface area (Å²) >= 11 is 0. The Morgan fingerprint density at radius 3 is 2.41 bits per heavy atom. The lowest BCUT2D eigenvalue weighted by Crippen LogP contribution is -2.14. The van der Waals surface area contributed by atoms with E-state index in [2.05, 4.69) is 75.4 Å². The van der Waals surface area contributed by atoms with Crippen LogP contribution in [0.15, 0.2) is 60.7 Å². The van der Waals surface area contributed by atoms with Crippen LogP contribution in [0.1, 0.15) is 37.5 Å². The highest BCUT2D eigenvalue weighted by Crippen LogP contribution is 2.44. The van der Waals surface area contributed by atoms with E-state index in [1.54, 1.807) is 0 Å². The number of aliphatic hydroxyl groups excluding tert-OH is 1. The van der Waals surface area contributed by atoms with Gasteiger partial charge >= 0.3 is 0 Å². The van der Waals surface area contributed by atoms with Crippen molar-refractivity contribution in [3.05, 3.63) is 77.4 Å². The number of rotatable bonds is 4. The van der Waals surface area contributed by atoms with Crippen LogP contribution < -0.4 is 4.74 Å². The Kier molecular flexibility index (Phi) is 4.53. The number of ether oxygens (including phenoxy) is 1. The molecular weight excluding hydrogens is 332 g/mol. The van der Waals surface area contributed by atoms with E-state index in [-0.39, 0.29) is 12.0 Å². The molecule has 0 spiro atoms. The molecule has 0 atom stereocenters. The van der Waals surface area contributed by atoms with Gasteiger partial charge in [0.25, 0.3) is 0 Å². The minimum absolute atomic E-state index is 0.0221. The molecule has 1 aliphatic carbocycles. The summed E-state index contributed by atoms with van der Waals surface area (Å²) in [6.07, 6.45) is 1.00. The topological polar surface area (TPSA) is 29.5 Å². The van der Waals surface area contributed by atoms with E-state index in [4.69, 9.17) is 9.84 Å².